The first-order valence-corrected chi connectivity index (χ1v) is 16.8. The van der Waals surface area contributed by atoms with E-state index in [0.717, 1.165) is 19.3 Å². The minimum atomic E-state index is -4.51. The molecule has 0 radical (unpaired) electrons. The Balaban J connectivity index is 2.42. The zero-order chi connectivity index (χ0) is 27.6. The van der Waals surface area contributed by atoms with Crippen LogP contribution in [-0.4, -0.2) is 107 Å². The molecule has 4 atom stereocenters. The molecular weight excluding hydrogens is 528 g/mol. The highest BCUT2D eigenvalue weighted by Crippen LogP contribution is 2.31. The van der Waals surface area contributed by atoms with Gasteiger partial charge < -0.3 is 38.7 Å². The van der Waals surface area contributed by atoms with E-state index in [1.54, 1.807) is 28.3 Å². The zero-order valence-corrected chi connectivity index (χ0v) is 25.0. The molecule has 0 heterocycles. The van der Waals surface area contributed by atoms with Gasteiger partial charge >= 0.3 is 8.80 Å². The maximum absolute atomic E-state index is 12.7. The van der Waals surface area contributed by atoms with Gasteiger partial charge in [0.25, 0.3) is 0 Å². The first-order chi connectivity index (χ1) is 16.6. The third-order valence-electron chi connectivity index (χ3n) is 6.68. The Hall–Kier alpha value is -0.293. The number of aliphatic hydroxyl groups excluding tert-OH is 2. The van der Waals surface area contributed by atoms with Crippen LogP contribution in [0.5, 0.6) is 0 Å². The van der Waals surface area contributed by atoms with Crippen molar-refractivity contribution in [1.82, 2.24) is 10.6 Å². The van der Waals surface area contributed by atoms with Crippen molar-refractivity contribution in [3.05, 3.63) is 0 Å². The second kappa shape index (κ2) is 14.7. The average Bonchev–Trinajstić information content (AvgIpc) is 2.79. The van der Waals surface area contributed by atoms with Gasteiger partial charge in [-0.3, -0.25) is 4.79 Å². The van der Waals surface area contributed by atoms with Crippen molar-refractivity contribution in [2.75, 3.05) is 51.7 Å². The molecule has 1 aliphatic carbocycles. The van der Waals surface area contributed by atoms with E-state index < -0.39 is 54.2 Å². The Morgan fingerprint density at radius 3 is 2.28 bits per heavy atom. The van der Waals surface area contributed by atoms with Crippen molar-refractivity contribution in [2.45, 2.75) is 70.2 Å². The van der Waals surface area contributed by atoms with Crippen LogP contribution >= 0.6 is 11.8 Å². The SMILES string of the molecule is CO[Si](CCC1CCC(NCCSCC(C)(CO)C(=O)NC(C)(C)CS(=O)(=O)[O-])C(O)C1)(OC)OC. The van der Waals surface area contributed by atoms with Gasteiger partial charge in [0.2, 0.25) is 5.91 Å². The molecule has 1 rings (SSSR count). The van der Waals surface area contributed by atoms with Gasteiger partial charge in [0.15, 0.2) is 0 Å². The van der Waals surface area contributed by atoms with Crippen LogP contribution in [0.15, 0.2) is 0 Å². The molecule has 14 heteroatoms. The van der Waals surface area contributed by atoms with E-state index in [1.807, 2.05) is 0 Å². The van der Waals surface area contributed by atoms with Gasteiger partial charge in [-0.2, -0.15) is 11.8 Å². The van der Waals surface area contributed by atoms with E-state index in [4.69, 9.17) is 13.3 Å². The highest BCUT2D eigenvalue weighted by molar-refractivity contribution is 7.99. The molecule has 4 unspecified atom stereocenters. The molecule has 0 saturated heterocycles. The molecule has 11 nitrogen and oxygen atoms in total. The summed E-state index contributed by atoms with van der Waals surface area (Å²) in [4.78, 5) is 12.7. The molecule has 1 aliphatic rings. The molecule has 4 N–H and O–H groups in total. The molecular formula is C22H45N2O9S2Si-. The fourth-order valence-corrected chi connectivity index (χ4v) is 8.31. The van der Waals surface area contributed by atoms with E-state index in [1.165, 1.54) is 25.6 Å². The molecule has 36 heavy (non-hydrogen) atoms. The Bertz CT molecular complexity index is 775. The van der Waals surface area contributed by atoms with Gasteiger partial charge in [0.05, 0.1) is 34.0 Å². The van der Waals surface area contributed by atoms with Crippen molar-refractivity contribution >= 4 is 36.6 Å². The summed E-state index contributed by atoms with van der Waals surface area (Å²) in [5.41, 5.74) is -2.37. The van der Waals surface area contributed by atoms with E-state index in [0.29, 0.717) is 36.4 Å². The van der Waals surface area contributed by atoms with Crippen molar-refractivity contribution in [3.63, 3.8) is 0 Å². The molecule has 0 aromatic heterocycles. The third kappa shape index (κ3) is 11.2. The first-order valence-electron chi connectivity index (χ1n) is 12.2. The first kappa shape index (κ1) is 33.7. The number of rotatable bonds is 17. The molecule has 0 spiro atoms. The lowest BCUT2D eigenvalue weighted by atomic mass is 9.82. The van der Waals surface area contributed by atoms with E-state index in [9.17, 15) is 28.0 Å². The summed E-state index contributed by atoms with van der Waals surface area (Å²) < 4.78 is 49.7. The second-order valence-corrected chi connectivity index (χ2v) is 16.1. The number of carbonyl (C=O) groups is 1. The molecule has 0 aliphatic heterocycles. The van der Waals surface area contributed by atoms with Gasteiger partial charge in [-0.25, -0.2) is 8.42 Å². The van der Waals surface area contributed by atoms with Gasteiger partial charge in [-0.15, -0.1) is 0 Å². The zero-order valence-electron chi connectivity index (χ0n) is 22.4. The van der Waals surface area contributed by atoms with Crippen LogP contribution in [0.1, 0.15) is 46.5 Å². The number of amides is 1. The Kier molecular flexibility index (Phi) is 13.8. The molecule has 1 saturated carbocycles. The molecule has 1 amide bonds. The number of thioether (sulfide) groups is 1. The quantitative estimate of drug-likeness (QED) is 0.109. The number of hydrogen-bond acceptors (Lipinski definition) is 11. The molecule has 0 bridgehead atoms. The maximum Gasteiger partial charge on any atom is 0.500 e. The summed E-state index contributed by atoms with van der Waals surface area (Å²) in [6.07, 6.45) is 2.96. The van der Waals surface area contributed by atoms with E-state index in [2.05, 4.69) is 10.6 Å². The smallest absolute Gasteiger partial charge is 0.500 e. The lowest BCUT2D eigenvalue weighted by Gasteiger charge is -2.35. The minimum Gasteiger partial charge on any atom is -0.748 e. The Morgan fingerprint density at radius 2 is 1.78 bits per heavy atom. The van der Waals surface area contributed by atoms with E-state index in [-0.39, 0.29) is 6.04 Å². The number of nitrogens with one attached hydrogen (secondary N) is 2. The predicted octanol–water partition coefficient (Wildman–Crippen LogP) is 0.546. The monoisotopic (exact) mass is 573 g/mol. The van der Waals surface area contributed by atoms with Crippen LogP contribution in [0.4, 0.5) is 0 Å². The molecule has 0 aromatic rings. The third-order valence-corrected chi connectivity index (χ3v) is 11.9. The van der Waals surface area contributed by atoms with Crippen LogP contribution in [0.2, 0.25) is 6.04 Å². The molecule has 214 valence electrons. The largest absolute Gasteiger partial charge is 0.748 e. The lowest BCUT2D eigenvalue weighted by molar-refractivity contribution is -0.132. The van der Waals surface area contributed by atoms with Crippen LogP contribution in [0.3, 0.4) is 0 Å². The predicted molar refractivity (Wildman–Crippen MR) is 141 cm³/mol. The topological polar surface area (TPSA) is 166 Å². The summed E-state index contributed by atoms with van der Waals surface area (Å²) >= 11 is 1.48. The normalized spacial score (nSPS) is 23.3. The summed E-state index contributed by atoms with van der Waals surface area (Å²) in [5.74, 6) is 0.122. The van der Waals surface area contributed by atoms with Gasteiger partial charge in [0.1, 0.15) is 0 Å². The van der Waals surface area contributed by atoms with Crippen LogP contribution in [-0.2, 0) is 28.2 Å². The van der Waals surface area contributed by atoms with Crippen molar-refractivity contribution in [1.29, 1.82) is 0 Å². The summed E-state index contributed by atoms with van der Waals surface area (Å²) in [6, 6.07) is 0.711. The van der Waals surface area contributed by atoms with Gasteiger partial charge in [-0.05, 0) is 52.4 Å². The van der Waals surface area contributed by atoms with Crippen LogP contribution < -0.4 is 10.6 Å². The van der Waals surface area contributed by atoms with E-state index >= 15 is 0 Å². The van der Waals surface area contributed by atoms with Crippen molar-refractivity contribution in [3.8, 4) is 0 Å². The number of hydrogen-bond donors (Lipinski definition) is 4. The number of carbonyl (C=O) groups excluding carboxylic acids is 1. The molecule has 0 aromatic carbocycles. The standard InChI is InChI=1S/C22H46N2O9S2Si/c1-21(2,16-35(28,29)30)24-20(27)22(3,14-25)15-34-11-10-23-18-8-7-17(13-19(18)26)9-12-36(31-4,32-5)33-6/h17-19,23,25-26H,7-16H2,1-6H3,(H,24,27)(H,28,29,30)/p-1. The average molecular weight is 574 g/mol. The Morgan fingerprint density at radius 1 is 1.17 bits per heavy atom. The second-order valence-electron chi connectivity index (χ2n) is 10.5. The maximum atomic E-state index is 12.7. The van der Waals surface area contributed by atoms with Crippen molar-refractivity contribution < 1.29 is 41.3 Å². The highest BCUT2D eigenvalue weighted by Gasteiger charge is 2.39. The fraction of sp³-hybridized carbons (Fsp3) is 0.955. The van der Waals surface area contributed by atoms with Gasteiger partial charge in [0, 0.05) is 57.0 Å². The summed E-state index contributed by atoms with van der Waals surface area (Å²) in [7, 11) is -2.32. The highest BCUT2D eigenvalue weighted by atomic mass is 32.2. The summed E-state index contributed by atoms with van der Waals surface area (Å²) in [6.45, 7) is 4.74. The van der Waals surface area contributed by atoms with Gasteiger partial charge in [-0.1, -0.05) is 0 Å². The van der Waals surface area contributed by atoms with Crippen LogP contribution in [0.25, 0.3) is 0 Å². The fourth-order valence-electron chi connectivity index (χ4n) is 4.40. The summed E-state index contributed by atoms with van der Waals surface area (Å²) in [5, 5.41) is 26.4. The van der Waals surface area contributed by atoms with Crippen molar-refractivity contribution in [2.24, 2.45) is 11.3 Å². The van der Waals surface area contributed by atoms with Crippen LogP contribution in [0, 0.1) is 11.3 Å². The molecule has 1 fully saturated rings. The lowest BCUT2D eigenvalue weighted by Crippen LogP contribution is -2.54. The minimum absolute atomic E-state index is 0.00140. The number of aliphatic hydroxyl groups is 2. The Labute approximate surface area is 221 Å².